The average molecular weight is 301 g/mol. The minimum atomic E-state index is -0.605. The molecule has 2 aliphatic rings. The Labute approximate surface area is 127 Å². The van der Waals surface area contributed by atoms with Crippen molar-refractivity contribution < 1.29 is 4.21 Å². The van der Waals surface area contributed by atoms with E-state index in [0.29, 0.717) is 17.3 Å². The molecule has 1 aliphatic heterocycles. The first-order valence-corrected chi connectivity index (χ1v) is 9.80. The highest BCUT2D eigenvalue weighted by Gasteiger charge is 2.29. The van der Waals surface area contributed by atoms with Gasteiger partial charge in [-0.3, -0.25) is 4.21 Å². The average Bonchev–Trinajstić information content (AvgIpc) is 2.47. The Kier molecular flexibility index (Phi) is 6.50. The van der Waals surface area contributed by atoms with Crippen molar-refractivity contribution in [2.45, 2.75) is 69.7 Å². The van der Waals surface area contributed by atoms with Crippen LogP contribution in [-0.4, -0.2) is 52.3 Å². The van der Waals surface area contributed by atoms with Gasteiger partial charge in [0.25, 0.3) is 0 Å². The fourth-order valence-corrected chi connectivity index (χ4v) is 5.16. The molecule has 1 saturated carbocycles. The van der Waals surface area contributed by atoms with Gasteiger partial charge in [-0.25, -0.2) is 0 Å². The van der Waals surface area contributed by atoms with Crippen molar-refractivity contribution in [2.75, 3.05) is 25.9 Å². The molecule has 0 radical (unpaired) electrons. The highest BCUT2D eigenvalue weighted by atomic mass is 32.2. The Hall–Kier alpha value is 0.0700. The molecule has 3 nitrogen and oxygen atoms in total. The van der Waals surface area contributed by atoms with Gasteiger partial charge in [0.2, 0.25) is 0 Å². The van der Waals surface area contributed by atoms with Crippen molar-refractivity contribution in [1.29, 1.82) is 0 Å². The van der Waals surface area contributed by atoms with E-state index in [1.807, 2.05) is 6.92 Å². The molecule has 0 amide bonds. The molecule has 1 N–H and O–H groups in total. The van der Waals surface area contributed by atoms with Gasteiger partial charge in [-0.1, -0.05) is 13.3 Å². The summed E-state index contributed by atoms with van der Waals surface area (Å²) < 4.78 is 12.0. The molecule has 1 saturated heterocycles. The van der Waals surface area contributed by atoms with Crippen LogP contribution >= 0.6 is 0 Å². The van der Waals surface area contributed by atoms with E-state index in [9.17, 15) is 4.21 Å². The van der Waals surface area contributed by atoms with Gasteiger partial charge in [-0.05, 0) is 65.1 Å². The molecule has 2 fully saturated rings. The highest BCUT2D eigenvalue weighted by Crippen LogP contribution is 2.26. The van der Waals surface area contributed by atoms with Crippen LogP contribution in [0.3, 0.4) is 0 Å². The van der Waals surface area contributed by atoms with Crippen LogP contribution in [0.5, 0.6) is 0 Å². The van der Waals surface area contributed by atoms with Crippen LogP contribution in [0.1, 0.15) is 52.4 Å². The molecule has 0 aromatic carbocycles. The van der Waals surface area contributed by atoms with Crippen LogP contribution in [0.15, 0.2) is 0 Å². The predicted molar refractivity (Wildman–Crippen MR) is 87.5 cm³/mol. The van der Waals surface area contributed by atoms with Crippen LogP contribution in [-0.2, 0) is 10.8 Å². The van der Waals surface area contributed by atoms with E-state index >= 15 is 0 Å². The van der Waals surface area contributed by atoms with Crippen LogP contribution in [0.4, 0.5) is 0 Å². The largest absolute Gasteiger partial charge is 0.311 e. The van der Waals surface area contributed by atoms with E-state index in [1.54, 1.807) is 0 Å². The summed E-state index contributed by atoms with van der Waals surface area (Å²) in [5, 5.41) is 4.30. The van der Waals surface area contributed by atoms with Crippen molar-refractivity contribution in [3.63, 3.8) is 0 Å². The lowest BCUT2D eigenvalue weighted by molar-refractivity contribution is 0.178. The summed E-state index contributed by atoms with van der Waals surface area (Å²) in [7, 11) is 1.62. The Morgan fingerprint density at radius 2 is 1.95 bits per heavy atom. The number of piperidine rings is 1. The van der Waals surface area contributed by atoms with Gasteiger partial charge >= 0.3 is 0 Å². The molecular weight excluding hydrogens is 268 g/mol. The topological polar surface area (TPSA) is 32.3 Å². The number of rotatable bonds is 5. The quantitative estimate of drug-likeness (QED) is 0.846. The lowest BCUT2D eigenvalue weighted by atomic mass is 9.88. The van der Waals surface area contributed by atoms with Gasteiger partial charge in [-0.2, -0.15) is 0 Å². The van der Waals surface area contributed by atoms with E-state index in [1.165, 1.54) is 45.2 Å². The smallest absolute Gasteiger partial charge is 0.0362 e. The van der Waals surface area contributed by atoms with Gasteiger partial charge in [0.05, 0.1) is 0 Å². The van der Waals surface area contributed by atoms with E-state index in [-0.39, 0.29) is 0 Å². The minimum Gasteiger partial charge on any atom is -0.311 e. The molecule has 0 aromatic heterocycles. The number of hydrogen-bond acceptors (Lipinski definition) is 3. The third-order valence-electron chi connectivity index (χ3n) is 5.25. The standard InChI is InChI=1S/C16H32N2OS/c1-4-20(19)16-7-5-6-15(12-16)17-13(2)14-8-10-18(3)11-9-14/h13-17H,4-12H2,1-3H3/t13-,15-,16-,20+/m1/s1. The third-order valence-corrected chi connectivity index (χ3v) is 6.99. The van der Waals surface area contributed by atoms with Crippen LogP contribution in [0, 0.1) is 5.92 Å². The second-order valence-corrected chi connectivity index (χ2v) is 8.76. The van der Waals surface area contributed by atoms with E-state index in [4.69, 9.17) is 0 Å². The van der Waals surface area contributed by atoms with Crippen LogP contribution in [0.25, 0.3) is 0 Å². The summed E-state index contributed by atoms with van der Waals surface area (Å²) in [6, 6.07) is 1.21. The summed E-state index contributed by atoms with van der Waals surface area (Å²) in [5.74, 6) is 1.64. The summed E-state index contributed by atoms with van der Waals surface area (Å²) in [5.41, 5.74) is 0. The first-order valence-electron chi connectivity index (χ1n) is 8.42. The predicted octanol–water partition coefficient (Wildman–Crippen LogP) is 2.39. The first kappa shape index (κ1) is 16.4. The van der Waals surface area contributed by atoms with Gasteiger partial charge < -0.3 is 10.2 Å². The highest BCUT2D eigenvalue weighted by molar-refractivity contribution is 7.85. The summed E-state index contributed by atoms with van der Waals surface area (Å²) in [6.45, 7) is 6.89. The van der Waals surface area contributed by atoms with Crippen molar-refractivity contribution in [1.82, 2.24) is 10.2 Å². The summed E-state index contributed by atoms with van der Waals surface area (Å²) in [6.07, 6.45) is 7.45. The summed E-state index contributed by atoms with van der Waals surface area (Å²) >= 11 is 0. The Bertz CT molecular complexity index is 316. The van der Waals surface area contributed by atoms with E-state index in [2.05, 4.69) is 24.2 Å². The molecule has 118 valence electrons. The lowest BCUT2D eigenvalue weighted by Gasteiger charge is -2.37. The Morgan fingerprint density at radius 3 is 2.60 bits per heavy atom. The van der Waals surface area contributed by atoms with Crippen molar-refractivity contribution in [3.8, 4) is 0 Å². The molecule has 1 heterocycles. The molecular formula is C16H32N2OS. The fourth-order valence-electron chi connectivity index (χ4n) is 3.81. The maximum Gasteiger partial charge on any atom is 0.0362 e. The SMILES string of the molecule is CC[S@](=O)[C@@H]1CCC[C@@H](N[C@H](C)C2CCN(C)CC2)C1. The monoisotopic (exact) mass is 300 g/mol. The van der Waals surface area contributed by atoms with Crippen LogP contribution in [0.2, 0.25) is 0 Å². The third kappa shape index (κ3) is 4.54. The number of nitrogens with one attached hydrogen (secondary N) is 1. The molecule has 0 aromatic rings. The lowest BCUT2D eigenvalue weighted by Crippen LogP contribution is -2.47. The minimum absolute atomic E-state index is 0.441. The van der Waals surface area contributed by atoms with Gasteiger partial charge in [-0.15, -0.1) is 0 Å². The molecule has 4 atom stereocenters. The first-order chi connectivity index (χ1) is 9.60. The molecule has 0 spiro atoms. The van der Waals surface area contributed by atoms with Crippen molar-refractivity contribution in [3.05, 3.63) is 0 Å². The zero-order valence-corrected chi connectivity index (χ0v) is 14.3. The van der Waals surface area contributed by atoms with Gasteiger partial charge in [0, 0.05) is 33.9 Å². The molecule has 0 unspecified atom stereocenters. The second kappa shape index (κ2) is 7.90. The van der Waals surface area contributed by atoms with Gasteiger partial charge in [0.1, 0.15) is 0 Å². The number of nitrogens with zero attached hydrogens (tertiary/aromatic N) is 1. The van der Waals surface area contributed by atoms with Crippen molar-refractivity contribution >= 4 is 10.8 Å². The van der Waals surface area contributed by atoms with E-state index < -0.39 is 10.8 Å². The Balaban J connectivity index is 1.78. The summed E-state index contributed by atoms with van der Waals surface area (Å²) in [4.78, 5) is 2.43. The molecule has 4 heteroatoms. The zero-order valence-electron chi connectivity index (χ0n) is 13.4. The molecule has 1 aliphatic carbocycles. The normalized spacial score (nSPS) is 33.0. The van der Waals surface area contributed by atoms with Crippen molar-refractivity contribution in [2.24, 2.45) is 5.92 Å². The zero-order chi connectivity index (χ0) is 14.5. The molecule has 0 bridgehead atoms. The van der Waals surface area contributed by atoms with E-state index in [0.717, 1.165) is 18.1 Å². The second-order valence-electron chi connectivity index (χ2n) is 6.75. The number of hydrogen-bond donors (Lipinski definition) is 1. The fraction of sp³-hybridized carbons (Fsp3) is 1.00. The number of likely N-dealkylation sites (tertiary alicyclic amines) is 1. The van der Waals surface area contributed by atoms with Crippen LogP contribution < -0.4 is 5.32 Å². The molecule has 2 rings (SSSR count). The van der Waals surface area contributed by atoms with Gasteiger partial charge in [0.15, 0.2) is 0 Å². The maximum atomic E-state index is 12.0. The molecule has 20 heavy (non-hydrogen) atoms. The maximum absolute atomic E-state index is 12.0. The Morgan fingerprint density at radius 1 is 1.25 bits per heavy atom.